The Morgan fingerprint density at radius 1 is 1.33 bits per heavy atom. The molecular weight excluding hydrogens is 380 g/mol. The molecule has 0 radical (unpaired) electrons. The number of thiophene rings is 1. The van der Waals surface area contributed by atoms with Gasteiger partial charge in [-0.25, -0.2) is 0 Å². The van der Waals surface area contributed by atoms with Crippen molar-refractivity contribution in [2.24, 2.45) is 11.8 Å². The summed E-state index contributed by atoms with van der Waals surface area (Å²) in [6.45, 7) is 2.02. The van der Waals surface area contributed by atoms with E-state index in [9.17, 15) is 10.1 Å². The van der Waals surface area contributed by atoms with E-state index in [4.69, 9.17) is 17.0 Å². The lowest BCUT2D eigenvalue weighted by Crippen LogP contribution is -2.64. The predicted octanol–water partition coefficient (Wildman–Crippen LogP) is 4.18. The van der Waals surface area contributed by atoms with Gasteiger partial charge in [-0.1, -0.05) is 11.6 Å². The van der Waals surface area contributed by atoms with Crippen molar-refractivity contribution < 1.29 is 4.79 Å². The van der Waals surface area contributed by atoms with Gasteiger partial charge in [0.2, 0.25) is 5.91 Å². The zero-order valence-electron chi connectivity index (χ0n) is 15.0. The van der Waals surface area contributed by atoms with Gasteiger partial charge >= 0.3 is 0 Å². The number of carbonyl (C=O) groups is 1. The summed E-state index contributed by atoms with van der Waals surface area (Å²) in [5.74, 6) is 0.307. The molecule has 1 aromatic heterocycles. The summed E-state index contributed by atoms with van der Waals surface area (Å²) >= 11 is 7.72. The van der Waals surface area contributed by atoms with Crippen molar-refractivity contribution in [1.29, 1.82) is 10.7 Å². The second-order valence-corrected chi connectivity index (χ2v) is 8.78. The van der Waals surface area contributed by atoms with Crippen LogP contribution in [0.25, 0.3) is 11.1 Å². The molecule has 2 aromatic rings. The number of carbonyl (C=O) groups excluding carboxylic acids is 1. The highest BCUT2D eigenvalue weighted by Crippen LogP contribution is 2.50. The minimum absolute atomic E-state index is 0.00761. The van der Waals surface area contributed by atoms with Crippen LogP contribution in [-0.2, 0) is 10.3 Å². The van der Waals surface area contributed by atoms with Crippen LogP contribution in [0, 0.1) is 28.6 Å². The number of halogens is 1. The summed E-state index contributed by atoms with van der Waals surface area (Å²) in [6, 6.07) is 9.47. The minimum atomic E-state index is -0.610. The minimum Gasteiger partial charge on any atom is -0.345 e. The monoisotopic (exact) mass is 398 g/mol. The van der Waals surface area contributed by atoms with Crippen LogP contribution in [0.5, 0.6) is 0 Å². The Labute approximate surface area is 167 Å². The molecule has 7 heteroatoms. The average Bonchev–Trinajstić information content (AvgIpc) is 3.32. The first-order valence-corrected chi connectivity index (χ1v) is 10.0. The highest BCUT2D eigenvalue weighted by atomic mass is 35.5. The van der Waals surface area contributed by atoms with E-state index in [1.807, 2.05) is 30.5 Å². The second kappa shape index (κ2) is 6.36. The van der Waals surface area contributed by atoms with Crippen LogP contribution < -0.4 is 5.32 Å². The molecule has 5 nitrogen and oxygen atoms in total. The number of nitriles is 1. The van der Waals surface area contributed by atoms with Crippen LogP contribution in [-0.4, -0.2) is 23.8 Å². The molecule has 0 bridgehead atoms. The molecule has 4 rings (SSSR count). The molecule has 1 saturated carbocycles. The lowest BCUT2D eigenvalue weighted by atomic mass is 9.78. The van der Waals surface area contributed by atoms with Gasteiger partial charge < -0.3 is 5.32 Å². The van der Waals surface area contributed by atoms with Crippen LogP contribution in [0.1, 0.15) is 30.2 Å². The zero-order chi connectivity index (χ0) is 19.3. The molecule has 1 aromatic carbocycles. The molecule has 1 amide bonds. The van der Waals surface area contributed by atoms with Gasteiger partial charge in [0.25, 0.3) is 0 Å². The van der Waals surface area contributed by atoms with Crippen molar-refractivity contribution >= 4 is 34.8 Å². The van der Waals surface area contributed by atoms with Gasteiger partial charge in [-0.15, -0.1) is 11.3 Å². The van der Waals surface area contributed by atoms with Gasteiger partial charge in [-0.2, -0.15) is 5.26 Å². The normalized spacial score (nSPS) is 25.3. The molecule has 2 aliphatic rings. The third-order valence-corrected chi connectivity index (χ3v) is 6.88. The Morgan fingerprint density at radius 3 is 2.74 bits per heavy atom. The van der Waals surface area contributed by atoms with Crippen molar-refractivity contribution in [3.8, 4) is 17.2 Å². The van der Waals surface area contributed by atoms with E-state index < -0.39 is 5.54 Å². The van der Waals surface area contributed by atoms with Gasteiger partial charge in [0.1, 0.15) is 0 Å². The van der Waals surface area contributed by atoms with Gasteiger partial charge in [-0.05, 0) is 66.5 Å². The number of hydrogen-bond acceptors (Lipinski definition) is 4. The molecule has 138 valence electrons. The number of guanidine groups is 1. The molecule has 27 heavy (non-hydrogen) atoms. The first kappa shape index (κ1) is 18.0. The number of rotatable bonds is 3. The topological polar surface area (TPSA) is 80.0 Å². The maximum atomic E-state index is 12.9. The molecule has 1 aliphatic carbocycles. The van der Waals surface area contributed by atoms with E-state index in [1.54, 1.807) is 24.5 Å². The van der Waals surface area contributed by atoms with Crippen LogP contribution in [0.2, 0.25) is 5.02 Å². The Morgan fingerprint density at radius 2 is 2.07 bits per heavy atom. The summed E-state index contributed by atoms with van der Waals surface area (Å²) in [5.41, 5.74) is 1.75. The van der Waals surface area contributed by atoms with Crippen LogP contribution in [0.4, 0.5) is 0 Å². The van der Waals surface area contributed by atoms with E-state index in [1.165, 1.54) is 4.90 Å². The third kappa shape index (κ3) is 3.01. The molecule has 1 aliphatic heterocycles. The fourth-order valence-corrected chi connectivity index (χ4v) is 5.18. The predicted molar refractivity (Wildman–Crippen MR) is 107 cm³/mol. The number of amides is 1. The van der Waals surface area contributed by atoms with Crippen molar-refractivity contribution in [1.82, 2.24) is 10.2 Å². The molecule has 1 saturated heterocycles. The zero-order valence-corrected chi connectivity index (χ0v) is 16.6. The SMILES string of the molecule is CN1C(=N)N[C@](C)(c2cc(-c3cc(Cl)cc(C#N)c3)cs2)[C@@H](C2CC2)C1=O. The lowest BCUT2D eigenvalue weighted by molar-refractivity contribution is -0.136. The second-order valence-electron chi connectivity index (χ2n) is 7.43. The van der Waals surface area contributed by atoms with Gasteiger partial charge in [-0.3, -0.25) is 15.1 Å². The van der Waals surface area contributed by atoms with Crippen molar-refractivity contribution in [3.05, 3.63) is 45.1 Å². The van der Waals surface area contributed by atoms with E-state index in [-0.39, 0.29) is 17.8 Å². The number of nitrogens with zero attached hydrogens (tertiary/aromatic N) is 2. The van der Waals surface area contributed by atoms with E-state index in [2.05, 4.69) is 11.4 Å². The standard InChI is InChI=1S/C20H19ClN4OS/c1-20(17(12-3-4-12)18(26)25(2)19(23)24-20)16-8-14(10-27-16)13-5-11(9-22)6-15(21)7-13/h5-8,10,12,17H,3-4H2,1-2H3,(H2,23,24)/t17-,20+/m0/s1. The van der Waals surface area contributed by atoms with Crippen LogP contribution >= 0.6 is 22.9 Å². The number of nitrogens with one attached hydrogen (secondary N) is 2. The van der Waals surface area contributed by atoms with Crippen molar-refractivity contribution in [2.45, 2.75) is 25.3 Å². The van der Waals surface area contributed by atoms with Crippen molar-refractivity contribution in [3.63, 3.8) is 0 Å². The fraction of sp³-hybridized carbons (Fsp3) is 0.350. The summed E-state index contributed by atoms with van der Waals surface area (Å²) in [4.78, 5) is 15.3. The quantitative estimate of drug-likeness (QED) is 0.813. The Kier molecular flexibility index (Phi) is 4.25. The fourth-order valence-electron chi connectivity index (χ4n) is 3.87. The summed E-state index contributed by atoms with van der Waals surface area (Å²) in [7, 11) is 1.65. The summed E-state index contributed by atoms with van der Waals surface area (Å²) in [5, 5.41) is 23.2. The highest BCUT2D eigenvalue weighted by Gasteiger charge is 2.54. The molecule has 0 unspecified atom stereocenters. The maximum Gasteiger partial charge on any atom is 0.235 e. The third-order valence-electron chi connectivity index (χ3n) is 5.50. The van der Waals surface area contributed by atoms with Crippen LogP contribution in [0.15, 0.2) is 29.6 Å². The van der Waals surface area contributed by atoms with Gasteiger partial charge in [0.15, 0.2) is 5.96 Å². The number of benzene rings is 1. The molecule has 2 N–H and O–H groups in total. The van der Waals surface area contributed by atoms with E-state index in [0.717, 1.165) is 28.8 Å². The Hall–Kier alpha value is -2.36. The summed E-state index contributed by atoms with van der Waals surface area (Å²) in [6.07, 6.45) is 2.10. The molecule has 2 atom stereocenters. The maximum absolute atomic E-state index is 12.9. The van der Waals surface area contributed by atoms with Gasteiger partial charge in [0, 0.05) is 16.9 Å². The molecule has 0 spiro atoms. The first-order chi connectivity index (χ1) is 12.8. The van der Waals surface area contributed by atoms with Crippen molar-refractivity contribution in [2.75, 3.05) is 7.05 Å². The largest absolute Gasteiger partial charge is 0.345 e. The van der Waals surface area contributed by atoms with E-state index >= 15 is 0 Å². The smallest absolute Gasteiger partial charge is 0.235 e. The van der Waals surface area contributed by atoms with Crippen LogP contribution in [0.3, 0.4) is 0 Å². The Balaban J connectivity index is 1.75. The first-order valence-electron chi connectivity index (χ1n) is 8.78. The average molecular weight is 399 g/mol. The van der Waals surface area contributed by atoms with Gasteiger partial charge in [0.05, 0.1) is 23.1 Å². The Bertz CT molecular complexity index is 990. The highest BCUT2D eigenvalue weighted by molar-refractivity contribution is 7.10. The van der Waals surface area contributed by atoms with E-state index in [0.29, 0.717) is 16.5 Å². The molecule has 2 heterocycles. The summed E-state index contributed by atoms with van der Waals surface area (Å²) < 4.78 is 0. The number of hydrogen-bond donors (Lipinski definition) is 2. The molecular formula is C20H19ClN4OS. The molecule has 2 fully saturated rings. The lowest BCUT2D eigenvalue weighted by Gasteiger charge is -2.45.